The zero-order chi connectivity index (χ0) is 17.4. The largest absolute Gasteiger partial charge is 0.466 e. The fourth-order valence-electron chi connectivity index (χ4n) is 3.79. The van der Waals surface area contributed by atoms with Crippen LogP contribution < -0.4 is 5.84 Å². The van der Waals surface area contributed by atoms with E-state index in [1.165, 1.54) is 0 Å². The number of fused-ring (bicyclic) bond motifs is 1. The molecule has 3 N–H and O–H groups in total. The average Bonchev–Trinajstić information content (AvgIpc) is 3.20. The van der Waals surface area contributed by atoms with E-state index in [4.69, 9.17) is 15.3 Å². The fraction of sp³-hybridized carbons (Fsp3) is 0.800. The van der Waals surface area contributed by atoms with Gasteiger partial charge in [0, 0.05) is 24.7 Å². The van der Waals surface area contributed by atoms with Crippen molar-refractivity contribution >= 4 is 17.8 Å². The van der Waals surface area contributed by atoms with Gasteiger partial charge >= 0.3 is 11.9 Å². The molecule has 0 aromatic rings. The molecule has 0 bridgehead atoms. The molecular formula is C15H24N2O6. The lowest BCUT2D eigenvalue weighted by atomic mass is 9.88. The van der Waals surface area contributed by atoms with Crippen molar-refractivity contribution in [1.82, 2.24) is 5.01 Å². The van der Waals surface area contributed by atoms with Gasteiger partial charge in [-0.2, -0.15) is 0 Å². The number of hydrazine groups is 1. The van der Waals surface area contributed by atoms with Crippen molar-refractivity contribution in [2.75, 3.05) is 13.2 Å². The molecule has 0 saturated heterocycles. The van der Waals surface area contributed by atoms with Crippen LogP contribution in [0, 0.1) is 17.8 Å². The summed E-state index contributed by atoms with van der Waals surface area (Å²) in [4.78, 5) is 36.7. The first-order chi connectivity index (χ1) is 10.9. The predicted octanol–water partition coefficient (Wildman–Crippen LogP) is -0.409. The molecule has 0 unspecified atom stereocenters. The third-order valence-electron chi connectivity index (χ3n) is 4.78. The monoisotopic (exact) mass is 328 g/mol. The Balaban J connectivity index is 2.37. The van der Waals surface area contributed by atoms with E-state index < -0.39 is 47.2 Å². The number of hydrogen-bond acceptors (Lipinski definition) is 7. The maximum atomic E-state index is 12.6. The zero-order valence-electron chi connectivity index (χ0n) is 13.7. The highest BCUT2D eigenvalue weighted by Gasteiger charge is 2.77. The molecule has 2 saturated carbocycles. The lowest BCUT2D eigenvalue weighted by Gasteiger charge is -2.38. The lowest BCUT2D eigenvalue weighted by molar-refractivity contribution is -0.168. The Morgan fingerprint density at radius 1 is 1.22 bits per heavy atom. The molecule has 130 valence electrons. The summed E-state index contributed by atoms with van der Waals surface area (Å²) in [6, 6.07) is 0. The summed E-state index contributed by atoms with van der Waals surface area (Å²) in [5, 5.41) is 11.1. The Kier molecular flexibility index (Phi) is 4.95. The van der Waals surface area contributed by atoms with Crippen LogP contribution in [0.5, 0.6) is 0 Å². The molecule has 0 aliphatic heterocycles. The molecule has 23 heavy (non-hydrogen) atoms. The van der Waals surface area contributed by atoms with Gasteiger partial charge in [0.1, 0.15) is 0 Å². The van der Waals surface area contributed by atoms with Gasteiger partial charge < -0.3 is 14.6 Å². The molecule has 0 spiro atoms. The summed E-state index contributed by atoms with van der Waals surface area (Å²) < 4.78 is 10.1. The molecule has 0 radical (unpaired) electrons. The van der Waals surface area contributed by atoms with Crippen LogP contribution in [-0.2, 0) is 23.9 Å². The van der Waals surface area contributed by atoms with Gasteiger partial charge in [0.25, 0.3) is 0 Å². The Hall–Kier alpha value is -1.67. The van der Waals surface area contributed by atoms with Crippen LogP contribution in [0.15, 0.2) is 0 Å². The van der Waals surface area contributed by atoms with Gasteiger partial charge in [0.2, 0.25) is 5.91 Å². The van der Waals surface area contributed by atoms with Crippen molar-refractivity contribution in [2.45, 2.75) is 45.3 Å². The third-order valence-corrected chi connectivity index (χ3v) is 4.78. The van der Waals surface area contributed by atoms with Crippen LogP contribution in [0.4, 0.5) is 0 Å². The van der Waals surface area contributed by atoms with E-state index in [-0.39, 0.29) is 26.1 Å². The average molecular weight is 328 g/mol. The second-order valence-electron chi connectivity index (χ2n) is 5.91. The number of aliphatic hydroxyl groups is 1. The Morgan fingerprint density at radius 3 is 2.35 bits per heavy atom. The summed E-state index contributed by atoms with van der Waals surface area (Å²) in [5.41, 5.74) is -1.51. The zero-order valence-corrected chi connectivity index (χ0v) is 13.7. The van der Waals surface area contributed by atoms with Gasteiger partial charge in [-0.3, -0.25) is 14.6 Å². The van der Waals surface area contributed by atoms with Crippen molar-refractivity contribution in [3.63, 3.8) is 0 Å². The summed E-state index contributed by atoms with van der Waals surface area (Å²) >= 11 is 0. The molecule has 0 aromatic carbocycles. The number of ether oxygens (including phenoxy) is 2. The smallest absolute Gasteiger partial charge is 0.334 e. The quantitative estimate of drug-likeness (QED) is 0.294. The first-order valence-electron chi connectivity index (χ1n) is 7.96. The molecule has 0 aromatic heterocycles. The molecule has 2 aliphatic carbocycles. The highest BCUT2D eigenvalue weighted by atomic mass is 16.5. The molecule has 8 heteroatoms. The van der Waals surface area contributed by atoms with Gasteiger partial charge in [-0.25, -0.2) is 10.6 Å². The van der Waals surface area contributed by atoms with Crippen molar-refractivity contribution in [3.05, 3.63) is 0 Å². The summed E-state index contributed by atoms with van der Waals surface area (Å²) in [5.74, 6) is 2.68. The normalized spacial score (nSPS) is 34.5. The maximum Gasteiger partial charge on any atom is 0.334 e. The molecular weight excluding hydrogens is 304 g/mol. The molecule has 2 rings (SSSR count). The number of hydrogen-bond donors (Lipinski definition) is 2. The van der Waals surface area contributed by atoms with Crippen LogP contribution in [0.25, 0.3) is 0 Å². The van der Waals surface area contributed by atoms with Crippen molar-refractivity contribution < 1.29 is 29.0 Å². The number of nitrogens with zero attached hydrogens (tertiary/aromatic N) is 1. The number of nitrogens with two attached hydrogens (primary N) is 1. The van der Waals surface area contributed by atoms with E-state index in [9.17, 15) is 19.5 Å². The van der Waals surface area contributed by atoms with Crippen LogP contribution in [-0.4, -0.2) is 52.8 Å². The minimum atomic E-state index is -1.51. The number of esters is 2. The van der Waals surface area contributed by atoms with Crippen LogP contribution >= 0.6 is 0 Å². The lowest BCUT2D eigenvalue weighted by Crippen LogP contribution is -2.62. The second-order valence-corrected chi connectivity index (χ2v) is 5.91. The van der Waals surface area contributed by atoms with E-state index in [2.05, 4.69) is 0 Å². The fourth-order valence-corrected chi connectivity index (χ4v) is 3.79. The number of aliphatic hydroxyl groups excluding tert-OH is 1. The highest BCUT2D eigenvalue weighted by molar-refractivity contribution is 5.91. The minimum absolute atomic E-state index is 0.0285. The van der Waals surface area contributed by atoms with Crippen molar-refractivity contribution in [3.8, 4) is 0 Å². The van der Waals surface area contributed by atoms with Gasteiger partial charge in [-0.05, 0) is 13.8 Å². The topological polar surface area (TPSA) is 119 Å². The molecule has 1 amide bonds. The van der Waals surface area contributed by atoms with Crippen LogP contribution in [0.2, 0.25) is 0 Å². The van der Waals surface area contributed by atoms with Gasteiger partial charge in [-0.15, -0.1) is 0 Å². The van der Waals surface area contributed by atoms with E-state index >= 15 is 0 Å². The van der Waals surface area contributed by atoms with Gasteiger partial charge in [0.15, 0.2) is 5.54 Å². The Bertz CT molecular complexity index is 510. The summed E-state index contributed by atoms with van der Waals surface area (Å²) in [6.07, 6.45) is -0.830. The van der Waals surface area contributed by atoms with Crippen molar-refractivity contribution in [2.24, 2.45) is 23.6 Å². The molecule has 2 fully saturated rings. The van der Waals surface area contributed by atoms with Crippen LogP contribution in [0.1, 0.15) is 33.6 Å². The van der Waals surface area contributed by atoms with Crippen molar-refractivity contribution in [1.29, 1.82) is 0 Å². The minimum Gasteiger partial charge on any atom is -0.466 e. The van der Waals surface area contributed by atoms with Gasteiger partial charge in [-0.1, -0.05) is 6.92 Å². The van der Waals surface area contributed by atoms with Crippen LogP contribution in [0.3, 0.4) is 0 Å². The first kappa shape index (κ1) is 17.7. The SMILES string of the molecule is CCOC(=O)[C@H]1[C@H]2[C@@H]1[C@@](C(=O)OCC)(N(N)C(=O)CC)C[C@@H]2O. The van der Waals surface area contributed by atoms with E-state index in [1.54, 1.807) is 20.8 Å². The number of amides is 1. The summed E-state index contributed by atoms with van der Waals surface area (Å²) in [7, 11) is 0. The predicted molar refractivity (Wildman–Crippen MR) is 78.4 cm³/mol. The molecule has 8 nitrogen and oxygen atoms in total. The first-order valence-corrected chi connectivity index (χ1v) is 7.96. The highest BCUT2D eigenvalue weighted by Crippen LogP contribution is 2.64. The molecule has 2 aliphatic rings. The maximum absolute atomic E-state index is 12.6. The van der Waals surface area contributed by atoms with E-state index in [0.29, 0.717) is 0 Å². The number of rotatable bonds is 6. The standard InChI is InChI=1S/C15H24N2O6/c1-4-9(19)17(16)15(14(21)23-6-3)7-8(18)10-11(12(10)15)13(20)22-5-2/h8,10-12,18H,4-7,16H2,1-3H3/t8-,10-,11-,12-,15-/m0/s1. The number of carbonyl (C=O) groups is 3. The molecule has 0 heterocycles. The second kappa shape index (κ2) is 6.45. The van der Waals surface area contributed by atoms with E-state index in [1.807, 2.05) is 0 Å². The van der Waals surface area contributed by atoms with Gasteiger partial charge in [0.05, 0.1) is 25.2 Å². The Labute approximate surface area is 134 Å². The number of carbonyl (C=O) groups excluding carboxylic acids is 3. The summed E-state index contributed by atoms with van der Waals surface area (Å²) in [6.45, 7) is 5.27. The van der Waals surface area contributed by atoms with E-state index in [0.717, 1.165) is 5.01 Å². The third kappa shape index (κ3) is 2.59. The Morgan fingerprint density at radius 2 is 1.83 bits per heavy atom. The molecule has 5 atom stereocenters.